The predicted molar refractivity (Wildman–Crippen MR) is 107 cm³/mol. The molecule has 0 saturated carbocycles. The van der Waals surface area contributed by atoms with Gasteiger partial charge in [0.05, 0.1) is 17.2 Å². The van der Waals surface area contributed by atoms with E-state index in [2.05, 4.69) is 15.5 Å². The van der Waals surface area contributed by atoms with Gasteiger partial charge in [-0.15, -0.1) is 10.2 Å². The first kappa shape index (κ1) is 19.9. The predicted octanol–water partition coefficient (Wildman–Crippen LogP) is 5.54. The number of hydrogen-bond acceptors (Lipinski definition) is 6. The number of hydrogen-bond donors (Lipinski definition) is 1. The molecule has 3 rings (SSSR count). The monoisotopic (exact) mass is 443 g/mol. The van der Waals surface area contributed by atoms with Crippen LogP contribution in [0.3, 0.4) is 0 Å². The molecule has 0 unspecified atom stereocenters. The maximum atomic E-state index is 12.9. The number of aromatic nitrogens is 2. The smallest absolute Gasteiger partial charge is 0.257 e. The quantitative estimate of drug-likeness (QED) is 0.400. The minimum absolute atomic E-state index is 0.239. The highest BCUT2D eigenvalue weighted by Crippen LogP contribution is 2.34. The summed E-state index contributed by atoms with van der Waals surface area (Å²) in [6.45, 7) is 0. The van der Waals surface area contributed by atoms with Crippen LogP contribution in [0.2, 0.25) is 10.0 Å². The summed E-state index contributed by atoms with van der Waals surface area (Å²) in [6.07, 6.45) is 0. The minimum atomic E-state index is -0.410. The van der Waals surface area contributed by atoms with Gasteiger partial charge in [-0.05, 0) is 29.8 Å². The van der Waals surface area contributed by atoms with Crippen LogP contribution in [0.1, 0.15) is 15.9 Å². The van der Waals surface area contributed by atoms with Crippen molar-refractivity contribution in [1.29, 1.82) is 0 Å². The average molecular weight is 444 g/mol. The first-order chi connectivity index (χ1) is 13.0. The van der Waals surface area contributed by atoms with E-state index in [1.54, 1.807) is 12.1 Å². The van der Waals surface area contributed by atoms with Crippen molar-refractivity contribution in [2.75, 3.05) is 12.4 Å². The van der Waals surface area contributed by atoms with E-state index in [9.17, 15) is 9.18 Å². The largest absolute Gasteiger partial charge is 0.494 e. The highest BCUT2D eigenvalue weighted by atomic mass is 35.5. The molecule has 1 amide bonds. The van der Waals surface area contributed by atoms with Gasteiger partial charge in [-0.2, -0.15) is 0 Å². The van der Waals surface area contributed by atoms with Crippen molar-refractivity contribution in [2.45, 2.75) is 10.1 Å². The number of nitrogens with one attached hydrogen (secondary N) is 1. The summed E-state index contributed by atoms with van der Waals surface area (Å²) in [5, 5.41) is 11.5. The molecule has 1 heterocycles. The fraction of sp³-hybridized carbons (Fsp3) is 0.118. The number of nitrogens with zero attached hydrogens (tertiary/aromatic N) is 2. The summed E-state index contributed by atoms with van der Waals surface area (Å²) in [6, 6.07) is 9.17. The van der Waals surface area contributed by atoms with Crippen LogP contribution < -0.4 is 10.1 Å². The van der Waals surface area contributed by atoms with Gasteiger partial charge in [0, 0.05) is 11.3 Å². The maximum Gasteiger partial charge on any atom is 0.257 e. The third-order valence-corrected chi connectivity index (χ3v) is 5.97. The molecule has 0 bridgehead atoms. The topological polar surface area (TPSA) is 64.1 Å². The van der Waals surface area contributed by atoms with Gasteiger partial charge in [0.2, 0.25) is 5.13 Å². The van der Waals surface area contributed by atoms with Crippen molar-refractivity contribution in [1.82, 2.24) is 10.2 Å². The Morgan fingerprint density at radius 1 is 1.22 bits per heavy atom. The summed E-state index contributed by atoms with van der Waals surface area (Å²) < 4.78 is 18.7. The lowest BCUT2D eigenvalue weighted by molar-refractivity contribution is 0.102. The van der Waals surface area contributed by atoms with Gasteiger partial charge in [-0.25, -0.2) is 4.39 Å². The van der Waals surface area contributed by atoms with Crippen molar-refractivity contribution in [2.24, 2.45) is 0 Å². The maximum absolute atomic E-state index is 12.9. The molecule has 0 aliphatic heterocycles. The molecule has 27 heavy (non-hydrogen) atoms. The van der Waals surface area contributed by atoms with E-state index in [-0.39, 0.29) is 21.4 Å². The second-order valence-electron chi connectivity index (χ2n) is 5.22. The van der Waals surface area contributed by atoms with Crippen molar-refractivity contribution >= 4 is 57.3 Å². The molecule has 0 aliphatic carbocycles. The first-order valence-corrected chi connectivity index (χ1v) is 10.1. The van der Waals surface area contributed by atoms with Gasteiger partial charge in [-0.3, -0.25) is 10.1 Å². The van der Waals surface area contributed by atoms with Crippen LogP contribution in [0.4, 0.5) is 9.52 Å². The number of benzene rings is 2. The molecule has 0 spiro atoms. The Kier molecular flexibility index (Phi) is 6.54. The van der Waals surface area contributed by atoms with Crippen molar-refractivity contribution < 1.29 is 13.9 Å². The van der Waals surface area contributed by atoms with Gasteiger partial charge >= 0.3 is 0 Å². The average Bonchev–Trinajstić information content (AvgIpc) is 3.08. The van der Waals surface area contributed by atoms with E-state index in [1.807, 2.05) is 0 Å². The molecule has 1 aromatic heterocycles. The fourth-order valence-electron chi connectivity index (χ4n) is 2.10. The SMILES string of the molecule is COc1c(Cl)cc(C(=O)Nc2nnc(SCc3ccc(F)cc3)s2)cc1Cl. The van der Waals surface area contributed by atoms with Crippen LogP contribution in [-0.4, -0.2) is 23.2 Å². The number of amides is 1. The molecule has 0 saturated heterocycles. The Labute approximate surface area is 172 Å². The zero-order valence-corrected chi connectivity index (χ0v) is 17.0. The fourth-order valence-corrected chi connectivity index (χ4v) is 4.44. The van der Waals surface area contributed by atoms with Gasteiger partial charge in [0.25, 0.3) is 5.91 Å². The van der Waals surface area contributed by atoms with E-state index in [0.717, 1.165) is 5.56 Å². The highest BCUT2D eigenvalue weighted by Gasteiger charge is 2.15. The molecule has 140 valence electrons. The van der Waals surface area contributed by atoms with Gasteiger partial charge < -0.3 is 4.74 Å². The number of halogens is 3. The normalized spacial score (nSPS) is 10.7. The Hall–Kier alpha value is -1.87. The summed E-state index contributed by atoms with van der Waals surface area (Å²) in [5.41, 5.74) is 1.24. The molecule has 3 aromatic rings. The zero-order valence-electron chi connectivity index (χ0n) is 13.8. The molecule has 1 N–H and O–H groups in total. The third kappa shape index (κ3) is 5.10. The number of methoxy groups -OCH3 is 1. The summed E-state index contributed by atoms with van der Waals surface area (Å²) in [5.74, 6) is 0.244. The molecule has 2 aromatic carbocycles. The lowest BCUT2D eigenvalue weighted by Crippen LogP contribution is -2.12. The summed E-state index contributed by atoms with van der Waals surface area (Å²) in [7, 11) is 1.44. The highest BCUT2D eigenvalue weighted by molar-refractivity contribution is 8.00. The van der Waals surface area contributed by atoms with Crippen LogP contribution in [0.15, 0.2) is 40.7 Å². The standard InChI is InChI=1S/C17H12Cl2FN3O2S2/c1-25-14-12(18)6-10(7-13(14)19)15(24)21-16-22-23-17(27-16)26-8-9-2-4-11(20)5-3-9/h2-7H,8H2,1H3,(H,21,22,24). The number of rotatable bonds is 6. The van der Waals surface area contributed by atoms with Gasteiger partial charge in [-0.1, -0.05) is 58.4 Å². The van der Waals surface area contributed by atoms with E-state index in [1.165, 1.54) is 54.5 Å². The van der Waals surface area contributed by atoms with E-state index >= 15 is 0 Å². The first-order valence-electron chi connectivity index (χ1n) is 7.51. The van der Waals surface area contributed by atoms with E-state index in [4.69, 9.17) is 27.9 Å². The minimum Gasteiger partial charge on any atom is -0.494 e. The number of anilines is 1. The van der Waals surface area contributed by atoms with Crippen molar-refractivity contribution in [3.05, 3.63) is 63.4 Å². The van der Waals surface area contributed by atoms with Crippen LogP contribution in [0, 0.1) is 5.82 Å². The zero-order chi connectivity index (χ0) is 19.4. The Morgan fingerprint density at radius 3 is 2.52 bits per heavy atom. The number of carbonyl (C=O) groups excluding carboxylic acids is 1. The summed E-state index contributed by atoms with van der Waals surface area (Å²) >= 11 is 14.8. The van der Waals surface area contributed by atoms with Gasteiger partial charge in [0.1, 0.15) is 5.82 Å². The molecular weight excluding hydrogens is 432 g/mol. The number of carbonyl (C=O) groups is 1. The van der Waals surface area contributed by atoms with Crippen molar-refractivity contribution in [3.63, 3.8) is 0 Å². The van der Waals surface area contributed by atoms with Crippen LogP contribution >= 0.6 is 46.3 Å². The van der Waals surface area contributed by atoms with Crippen LogP contribution in [0.25, 0.3) is 0 Å². The Morgan fingerprint density at radius 2 is 1.89 bits per heavy atom. The molecular formula is C17H12Cl2FN3O2S2. The second-order valence-corrected chi connectivity index (χ2v) is 8.23. The summed E-state index contributed by atoms with van der Waals surface area (Å²) in [4.78, 5) is 12.4. The molecule has 0 radical (unpaired) electrons. The number of thioether (sulfide) groups is 1. The Balaban J connectivity index is 1.63. The molecule has 0 fully saturated rings. The third-order valence-electron chi connectivity index (χ3n) is 3.37. The van der Waals surface area contributed by atoms with E-state index < -0.39 is 5.91 Å². The van der Waals surface area contributed by atoms with Crippen LogP contribution in [0.5, 0.6) is 5.75 Å². The lowest BCUT2D eigenvalue weighted by Gasteiger charge is -2.08. The van der Waals surface area contributed by atoms with E-state index in [0.29, 0.717) is 21.0 Å². The molecule has 5 nitrogen and oxygen atoms in total. The van der Waals surface area contributed by atoms with Gasteiger partial charge in [0.15, 0.2) is 10.1 Å². The van der Waals surface area contributed by atoms with Crippen LogP contribution in [-0.2, 0) is 5.75 Å². The molecule has 0 atom stereocenters. The second kappa shape index (κ2) is 8.88. The molecule has 10 heteroatoms. The Bertz CT molecular complexity index is 944. The molecule has 0 aliphatic rings. The number of ether oxygens (including phenoxy) is 1. The lowest BCUT2D eigenvalue weighted by atomic mass is 10.2. The van der Waals surface area contributed by atoms with Crippen molar-refractivity contribution in [3.8, 4) is 5.75 Å².